The zero-order valence-electron chi connectivity index (χ0n) is 8.68. The Morgan fingerprint density at radius 3 is 2.76 bits per heavy atom. The lowest BCUT2D eigenvalue weighted by atomic mass is 10.2. The number of carbonyl (C=O) groups excluding carboxylic acids is 1. The molecule has 0 aliphatic carbocycles. The number of rotatable bonds is 2. The zero-order valence-corrected chi connectivity index (χ0v) is 10.3. The number of halogens is 1. The second-order valence-electron chi connectivity index (χ2n) is 3.20. The van der Waals surface area contributed by atoms with Gasteiger partial charge < -0.3 is 9.84 Å². The summed E-state index contributed by atoms with van der Waals surface area (Å²) in [5.74, 6) is -2.00. The van der Waals surface area contributed by atoms with Gasteiger partial charge in [0.1, 0.15) is 5.56 Å². The molecule has 6 nitrogen and oxygen atoms in total. The highest BCUT2D eigenvalue weighted by atomic mass is 79.9. The second kappa shape index (κ2) is 4.17. The van der Waals surface area contributed by atoms with Crippen LogP contribution in [0.5, 0.6) is 0 Å². The van der Waals surface area contributed by atoms with Crippen LogP contribution in [0.1, 0.15) is 20.8 Å². The van der Waals surface area contributed by atoms with E-state index in [-0.39, 0.29) is 11.3 Å². The first-order valence-corrected chi connectivity index (χ1v) is 5.33. The van der Waals surface area contributed by atoms with Gasteiger partial charge in [-0.2, -0.15) is 5.10 Å². The highest BCUT2D eigenvalue weighted by Crippen LogP contribution is 2.19. The van der Waals surface area contributed by atoms with Crippen LogP contribution >= 0.6 is 15.9 Å². The monoisotopic (exact) mass is 298 g/mol. The summed E-state index contributed by atoms with van der Waals surface area (Å²) in [5, 5.41) is 13.0. The third-order valence-corrected chi connectivity index (χ3v) is 2.66. The molecule has 0 radical (unpaired) electrons. The molecule has 0 fully saturated rings. The topological polar surface area (TPSA) is 80.9 Å². The van der Waals surface area contributed by atoms with Crippen LogP contribution in [0.2, 0.25) is 0 Å². The van der Waals surface area contributed by atoms with Crippen molar-refractivity contribution in [3.63, 3.8) is 0 Å². The van der Waals surface area contributed by atoms with Gasteiger partial charge in [-0.3, -0.25) is 0 Å². The van der Waals surface area contributed by atoms with E-state index in [1.165, 1.54) is 11.6 Å². The minimum Gasteiger partial charge on any atom is -0.478 e. The van der Waals surface area contributed by atoms with Crippen LogP contribution in [0.4, 0.5) is 0 Å². The molecule has 2 aromatic rings. The molecule has 2 aromatic heterocycles. The van der Waals surface area contributed by atoms with E-state index >= 15 is 0 Å². The molecule has 88 valence electrons. The number of methoxy groups -OCH3 is 1. The Labute approximate surface area is 104 Å². The minimum absolute atomic E-state index is 0.163. The number of carbonyl (C=O) groups is 2. The lowest BCUT2D eigenvalue weighted by Crippen LogP contribution is -2.08. The van der Waals surface area contributed by atoms with E-state index in [4.69, 9.17) is 5.11 Å². The van der Waals surface area contributed by atoms with Crippen molar-refractivity contribution in [1.82, 2.24) is 9.61 Å². The zero-order chi connectivity index (χ0) is 12.6. The van der Waals surface area contributed by atoms with Gasteiger partial charge in [0, 0.05) is 10.7 Å². The van der Waals surface area contributed by atoms with Gasteiger partial charge in [-0.25, -0.2) is 14.1 Å². The number of aromatic nitrogens is 2. The summed E-state index contributed by atoms with van der Waals surface area (Å²) >= 11 is 3.23. The van der Waals surface area contributed by atoms with Crippen LogP contribution < -0.4 is 0 Å². The van der Waals surface area contributed by atoms with Crippen LogP contribution in [0, 0.1) is 0 Å². The molecule has 0 aromatic carbocycles. The Balaban J connectivity index is 2.79. The predicted molar refractivity (Wildman–Crippen MR) is 61.2 cm³/mol. The maximum atomic E-state index is 11.4. The SMILES string of the molecule is COC(=O)c1nn2cc(Br)ccc2c1C(=O)O. The molecule has 0 spiro atoms. The van der Waals surface area contributed by atoms with E-state index in [2.05, 4.69) is 25.8 Å². The van der Waals surface area contributed by atoms with Crippen molar-refractivity contribution < 1.29 is 19.4 Å². The van der Waals surface area contributed by atoms with E-state index in [0.717, 1.165) is 4.47 Å². The van der Waals surface area contributed by atoms with Gasteiger partial charge in [-0.15, -0.1) is 0 Å². The summed E-state index contributed by atoms with van der Waals surface area (Å²) in [6.07, 6.45) is 1.56. The maximum absolute atomic E-state index is 11.4. The number of ether oxygens (including phenoxy) is 1. The normalized spacial score (nSPS) is 10.5. The maximum Gasteiger partial charge on any atom is 0.359 e. The van der Waals surface area contributed by atoms with Gasteiger partial charge >= 0.3 is 11.9 Å². The van der Waals surface area contributed by atoms with Gasteiger partial charge in [0.2, 0.25) is 0 Å². The first-order chi connectivity index (χ1) is 8.04. The summed E-state index contributed by atoms with van der Waals surface area (Å²) < 4.78 is 6.54. The highest BCUT2D eigenvalue weighted by molar-refractivity contribution is 9.10. The highest BCUT2D eigenvalue weighted by Gasteiger charge is 2.24. The first kappa shape index (κ1) is 11.6. The van der Waals surface area contributed by atoms with E-state index in [9.17, 15) is 9.59 Å². The van der Waals surface area contributed by atoms with Crippen molar-refractivity contribution >= 4 is 33.4 Å². The Morgan fingerprint density at radius 1 is 1.47 bits per heavy atom. The van der Waals surface area contributed by atoms with Crippen LogP contribution in [0.3, 0.4) is 0 Å². The Morgan fingerprint density at radius 2 is 2.18 bits per heavy atom. The molecular formula is C10H7BrN2O4. The number of hydrogen-bond donors (Lipinski definition) is 1. The fraction of sp³-hybridized carbons (Fsp3) is 0.100. The number of fused-ring (bicyclic) bond motifs is 1. The van der Waals surface area contributed by atoms with Crippen LogP contribution in [0.25, 0.3) is 5.52 Å². The van der Waals surface area contributed by atoms with E-state index < -0.39 is 11.9 Å². The van der Waals surface area contributed by atoms with Crippen molar-refractivity contribution in [3.05, 3.63) is 34.1 Å². The smallest absolute Gasteiger partial charge is 0.359 e. The second-order valence-corrected chi connectivity index (χ2v) is 4.11. The van der Waals surface area contributed by atoms with Gasteiger partial charge in [0.25, 0.3) is 0 Å². The average Bonchev–Trinajstić information content (AvgIpc) is 2.66. The molecule has 0 amide bonds. The lowest BCUT2D eigenvalue weighted by molar-refractivity contribution is 0.0577. The van der Waals surface area contributed by atoms with Crippen molar-refractivity contribution in [1.29, 1.82) is 0 Å². The molecule has 0 aliphatic heterocycles. The quantitative estimate of drug-likeness (QED) is 0.852. The summed E-state index contributed by atoms with van der Waals surface area (Å²) in [4.78, 5) is 22.5. The van der Waals surface area contributed by atoms with Crippen molar-refractivity contribution in [2.24, 2.45) is 0 Å². The van der Waals surface area contributed by atoms with Gasteiger partial charge in [-0.05, 0) is 28.1 Å². The van der Waals surface area contributed by atoms with E-state index in [0.29, 0.717) is 5.52 Å². The van der Waals surface area contributed by atoms with E-state index in [1.807, 2.05) is 0 Å². The third kappa shape index (κ3) is 1.89. The summed E-state index contributed by atoms with van der Waals surface area (Å²) in [7, 11) is 1.17. The van der Waals surface area contributed by atoms with E-state index in [1.54, 1.807) is 18.3 Å². The molecule has 0 saturated heterocycles. The van der Waals surface area contributed by atoms with Crippen LogP contribution in [0.15, 0.2) is 22.8 Å². The molecule has 7 heteroatoms. The molecule has 2 heterocycles. The average molecular weight is 299 g/mol. The molecule has 0 bridgehead atoms. The van der Waals surface area contributed by atoms with Crippen molar-refractivity contribution in [2.75, 3.05) is 7.11 Å². The number of esters is 1. The van der Waals surface area contributed by atoms with Gasteiger partial charge in [-0.1, -0.05) is 0 Å². The number of carboxylic acids is 1. The number of aromatic carboxylic acids is 1. The molecular weight excluding hydrogens is 292 g/mol. The Hall–Kier alpha value is -1.89. The summed E-state index contributed by atoms with van der Waals surface area (Å²) in [5.41, 5.74) is -0.0384. The summed E-state index contributed by atoms with van der Waals surface area (Å²) in [6.45, 7) is 0. The Bertz CT molecular complexity index is 620. The van der Waals surface area contributed by atoms with Crippen molar-refractivity contribution in [2.45, 2.75) is 0 Å². The lowest BCUT2D eigenvalue weighted by Gasteiger charge is -1.95. The number of hydrogen-bond acceptors (Lipinski definition) is 4. The molecule has 0 aliphatic rings. The fourth-order valence-electron chi connectivity index (χ4n) is 1.47. The molecule has 0 saturated carbocycles. The molecule has 1 N–H and O–H groups in total. The van der Waals surface area contributed by atoms with Gasteiger partial charge in [0.15, 0.2) is 5.69 Å². The predicted octanol–water partition coefficient (Wildman–Crippen LogP) is 1.58. The Kier molecular flexibility index (Phi) is 2.84. The fourth-order valence-corrected chi connectivity index (χ4v) is 1.80. The standard InChI is InChI=1S/C10H7BrN2O4/c1-17-10(16)8-7(9(14)15)6-3-2-5(11)4-13(6)12-8/h2-4H,1H3,(H,14,15). The molecule has 0 unspecified atom stereocenters. The molecule has 17 heavy (non-hydrogen) atoms. The van der Waals surface area contributed by atoms with Crippen LogP contribution in [-0.2, 0) is 4.74 Å². The van der Waals surface area contributed by atoms with Crippen molar-refractivity contribution in [3.8, 4) is 0 Å². The molecule has 2 rings (SSSR count). The number of pyridine rings is 1. The largest absolute Gasteiger partial charge is 0.478 e. The first-order valence-electron chi connectivity index (χ1n) is 4.54. The summed E-state index contributed by atoms with van der Waals surface area (Å²) in [6, 6.07) is 3.23. The number of nitrogens with zero attached hydrogens (tertiary/aromatic N) is 2. The van der Waals surface area contributed by atoms with Crippen LogP contribution in [-0.4, -0.2) is 33.8 Å². The van der Waals surface area contributed by atoms with Gasteiger partial charge in [0.05, 0.1) is 12.6 Å². The third-order valence-electron chi connectivity index (χ3n) is 2.19. The molecule has 0 atom stereocenters. The minimum atomic E-state index is -1.22. The number of carboxylic acid groups (broad SMARTS) is 1.